The summed E-state index contributed by atoms with van der Waals surface area (Å²) in [6.07, 6.45) is 2.85. The molecular formula is C45H48N4O. The van der Waals surface area contributed by atoms with Crippen molar-refractivity contribution in [1.29, 1.82) is 0 Å². The summed E-state index contributed by atoms with van der Waals surface area (Å²) in [5.74, 6) is 2.67. The molecule has 0 aliphatic rings. The van der Waals surface area contributed by atoms with E-state index < -0.39 is 0 Å². The molecule has 50 heavy (non-hydrogen) atoms. The van der Waals surface area contributed by atoms with Crippen molar-refractivity contribution in [2.45, 2.75) is 85.5 Å². The highest BCUT2D eigenvalue weighted by atomic mass is 16.5. The van der Waals surface area contributed by atoms with Gasteiger partial charge in [0.2, 0.25) is 0 Å². The van der Waals surface area contributed by atoms with Crippen molar-refractivity contribution in [3.63, 3.8) is 0 Å². The molecule has 0 bridgehead atoms. The van der Waals surface area contributed by atoms with Crippen molar-refractivity contribution in [2.75, 3.05) is 0 Å². The fraction of sp³-hybridized carbons (Fsp3) is 0.289. The number of hydrogen-bond acceptors (Lipinski definition) is 3. The number of para-hydroxylation sites is 1. The predicted octanol–water partition coefficient (Wildman–Crippen LogP) is 12.2. The minimum Gasteiger partial charge on any atom is -0.457 e. The van der Waals surface area contributed by atoms with E-state index in [-0.39, 0.29) is 16.7 Å². The van der Waals surface area contributed by atoms with Crippen LogP contribution in [0.25, 0.3) is 44.4 Å². The largest absolute Gasteiger partial charge is 0.457 e. The van der Waals surface area contributed by atoms with Gasteiger partial charge in [-0.3, -0.25) is 4.57 Å². The van der Waals surface area contributed by atoms with E-state index in [9.17, 15) is 0 Å². The van der Waals surface area contributed by atoms with Crippen LogP contribution in [0, 0.1) is 6.92 Å². The van der Waals surface area contributed by atoms with Gasteiger partial charge in [0.1, 0.15) is 17.3 Å². The molecule has 7 aromatic rings. The number of aryl methyl sites for hydroxylation is 1. The fourth-order valence-corrected chi connectivity index (χ4v) is 6.96. The maximum absolute atomic E-state index is 6.65. The number of hydrogen-bond donors (Lipinski definition) is 0. The Morgan fingerprint density at radius 1 is 0.740 bits per heavy atom. The van der Waals surface area contributed by atoms with Crippen molar-refractivity contribution >= 4 is 21.8 Å². The molecule has 0 aliphatic carbocycles. The second-order valence-corrected chi connectivity index (χ2v) is 15.6. The molecule has 3 heterocycles. The first kappa shape index (κ1) is 33.3. The standard InChI is InChI=1S/C45H48N4O/c1-10-45(8,9)43-41(31-18-20-32(21-19-31)44(5,6)7)42(29(2)3)47-49(43)33-14-13-15-34(27-33)50-35-22-23-37-36-16-11-12-17-38(36)48(39(37)28-35)40-26-30(4)24-25-46-40/h11-29H,10H2,1-9H3. The second-order valence-electron chi connectivity index (χ2n) is 15.6. The predicted molar refractivity (Wildman–Crippen MR) is 208 cm³/mol. The van der Waals surface area contributed by atoms with E-state index in [1.54, 1.807) is 0 Å². The number of benzene rings is 4. The molecule has 254 valence electrons. The van der Waals surface area contributed by atoms with E-state index >= 15 is 0 Å². The molecule has 0 aliphatic heterocycles. The Balaban J connectivity index is 1.33. The lowest BCUT2D eigenvalue weighted by Gasteiger charge is -2.27. The van der Waals surface area contributed by atoms with E-state index in [1.165, 1.54) is 33.3 Å². The van der Waals surface area contributed by atoms with Gasteiger partial charge in [-0.25, -0.2) is 9.67 Å². The van der Waals surface area contributed by atoms with Crippen LogP contribution in [-0.4, -0.2) is 19.3 Å². The van der Waals surface area contributed by atoms with Crippen LogP contribution < -0.4 is 4.74 Å². The van der Waals surface area contributed by atoms with Gasteiger partial charge in [-0.1, -0.05) is 104 Å². The first-order chi connectivity index (χ1) is 23.9. The van der Waals surface area contributed by atoms with Crippen LogP contribution in [0.2, 0.25) is 0 Å². The summed E-state index contributed by atoms with van der Waals surface area (Å²) in [6, 6.07) is 36.4. The molecule has 5 heteroatoms. The summed E-state index contributed by atoms with van der Waals surface area (Å²) in [5, 5.41) is 7.71. The Morgan fingerprint density at radius 2 is 1.46 bits per heavy atom. The number of nitrogens with zero attached hydrogens (tertiary/aromatic N) is 4. The van der Waals surface area contributed by atoms with Gasteiger partial charge in [0, 0.05) is 40.1 Å². The monoisotopic (exact) mass is 660 g/mol. The number of pyridine rings is 1. The average Bonchev–Trinajstić information content (AvgIpc) is 3.66. The topological polar surface area (TPSA) is 44.9 Å². The van der Waals surface area contributed by atoms with E-state index in [0.717, 1.165) is 51.5 Å². The summed E-state index contributed by atoms with van der Waals surface area (Å²) in [5.41, 5.74) is 10.4. The van der Waals surface area contributed by atoms with Gasteiger partial charge in [0.25, 0.3) is 0 Å². The smallest absolute Gasteiger partial charge is 0.137 e. The van der Waals surface area contributed by atoms with Crippen LogP contribution in [0.15, 0.2) is 109 Å². The molecule has 5 nitrogen and oxygen atoms in total. The quantitative estimate of drug-likeness (QED) is 0.163. The van der Waals surface area contributed by atoms with Gasteiger partial charge in [-0.15, -0.1) is 0 Å². The van der Waals surface area contributed by atoms with Crippen LogP contribution in [0.4, 0.5) is 0 Å². The lowest BCUT2D eigenvalue weighted by molar-refractivity contribution is 0.471. The Bertz CT molecular complexity index is 2330. The van der Waals surface area contributed by atoms with Crippen LogP contribution >= 0.6 is 0 Å². The third-order valence-electron chi connectivity index (χ3n) is 10.1. The Morgan fingerprint density at radius 3 is 2.16 bits per heavy atom. The zero-order valence-electron chi connectivity index (χ0n) is 30.9. The summed E-state index contributed by atoms with van der Waals surface area (Å²) in [7, 11) is 0. The van der Waals surface area contributed by atoms with Crippen LogP contribution in [0.5, 0.6) is 11.5 Å². The first-order valence-electron chi connectivity index (χ1n) is 17.8. The van der Waals surface area contributed by atoms with Gasteiger partial charge < -0.3 is 4.74 Å². The Hall–Kier alpha value is -5.16. The normalized spacial score (nSPS) is 12.4. The van der Waals surface area contributed by atoms with Crippen molar-refractivity contribution in [2.24, 2.45) is 0 Å². The van der Waals surface area contributed by atoms with Crippen molar-refractivity contribution in [3.8, 4) is 34.1 Å². The minimum atomic E-state index is -0.128. The number of rotatable bonds is 8. The third-order valence-corrected chi connectivity index (χ3v) is 10.1. The number of aromatic nitrogens is 4. The minimum absolute atomic E-state index is 0.0914. The van der Waals surface area contributed by atoms with Gasteiger partial charge in [-0.05, 0) is 83.8 Å². The molecule has 0 fully saturated rings. The molecule has 0 atom stereocenters. The molecule has 7 rings (SSSR count). The lowest BCUT2D eigenvalue weighted by Crippen LogP contribution is -2.21. The zero-order chi connectivity index (χ0) is 35.4. The second kappa shape index (κ2) is 12.6. The van der Waals surface area contributed by atoms with Crippen molar-refractivity contribution in [3.05, 3.63) is 132 Å². The van der Waals surface area contributed by atoms with Crippen LogP contribution in [0.1, 0.15) is 90.2 Å². The molecule has 0 N–H and O–H groups in total. The van der Waals surface area contributed by atoms with E-state index in [4.69, 9.17) is 14.8 Å². The zero-order valence-corrected chi connectivity index (χ0v) is 30.9. The average molecular weight is 661 g/mol. The summed E-state index contributed by atoms with van der Waals surface area (Å²) >= 11 is 0. The molecule has 4 aromatic carbocycles. The van der Waals surface area contributed by atoms with E-state index in [1.807, 2.05) is 18.3 Å². The summed E-state index contributed by atoms with van der Waals surface area (Å²) < 4.78 is 11.0. The van der Waals surface area contributed by atoms with E-state index in [2.05, 4.69) is 163 Å². The summed E-state index contributed by atoms with van der Waals surface area (Å²) in [4.78, 5) is 4.75. The van der Waals surface area contributed by atoms with Crippen LogP contribution in [0.3, 0.4) is 0 Å². The Labute approximate surface area is 296 Å². The van der Waals surface area contributed by atoms with Gasteiger partial charge in [-0.2, -0.15) is 5.10 Å². The first-order valence-corrected chi connectivity index (χ1v) is 17.8. The number of ether oxygens (including phenoxy) is 1. The highest BCUT2D eigenvalue weighted by Crippen LogP contribution is 2.42. The van der Waals surface area contributed by atoms with Crippen molar-refractivity contribution < 1.29 is 4.74 Å². The summed E-state index contributed by atoms with van der Waals surface area (Å²) in [6.45, 7) is 20.3. The molecule has 0 unspecified atom stereocenters. The Kier molecular flexibility index (Phi) is 8.42. The van der Waals surface area contributed by atoms with Gasteiger partial charge in [0.15, 0.2) is 0 Å². The van der Waals surface area contributed by atoms with Crippen LogP contribution in [-0.2, 0) is 10.8 Å². The lowest BCUT2D eigenvalue weighted by atomic mass is 9.80. The highest BCUT2D eigenvalue weighted by Gasteiger charge is 2.32. The SMILES string of the molecule is CCC(C)(C)c1c(-c2ccc(C(C)(C)C)cc2)c(C(C)C)nn1-c1cccc(Oc2ccc3c4ccccc4n(-c4cc(C)ccn4)c3c2)c1. The van der Waals surface area contributed by atoms with E-state index in [0.29, 0.717) is 0 Å². The highest BCUT2D eigenvalue weighted by molar-refractivity contribution is 6.09. The van der Waals surface area contributed by atoms with Gasteiger partial charge in [0.05, 0.1) is 28.1 Å². The molecule has 0 radical (unpaired) electrons. The molecule has 0 saturated carbocycles. The molecule has 3 aromatic heterocycles. The molecular weight excluding hydrogens is 613 g/mol. The maximum atomic E-state index is 6.65. The van der Waals surface area contributed by atoms with Gasteiger partial charge >= 0.3 is 0 Å². The number of fused-ring (bicyclic) bond motifs is 3. The molecule has 0 amide bonds. The molecule has 0 spiro atoms. The third kappa shape index (κ3) is 6.00. The van der Waals surface area contributed by atoms with Crippen molar-refractivity contribution in [1.82, 2.24) is 19.3 Å². The maximum Gasteiger partial charge on any atom is 0.137 e. The fourth-order valence-electron chi connectivity index (χ4n) is 6.96. The molecule has 0 saturated heterocycles.